The SMILES string of the molecule is CC(CN)(NC(=O)CCN1CCN(c2ccccn2)CC1)C1CC1.Cl.Cl. The summed E-state index contributed by atoms with van der Waals surface area (Å²) in [6, 6.07) is 6.01. The van der Waals surface area contributed by atoms with Crippen LogP contribution >= 0.6 is 24.8 Å². The van der Waals surface area contributed by atoms with Crippen LogP contribution in [-0.2, 0) is 4.79 Å². The number of hydrogen-bond acceptors (Lipinski definition) is 5. The first kappa shape index (κ1) is 23.0. The molecule has 2 heterocycles. The lowest BCUT2D eigenvalue weighted by Crippen LogP contribution is -2.54. The van der Waals surface area contributed by atoms with Gasteiger partial charge in [0.15, 0.2) is 0 Å². The second-order valence-electron chi connectivity index (χ2n) is 7.21. The van der Waals surface area contributed by atoms with Crippen LogP contribution in [0.5, 0.6) is 0 Å². The monoisotopic (exact) mass is 403 g/mol. The number of anilines is 1. The van der Waals surface area contributed by atoms with E-state index < -0.39 is 0 Å². The van der Waals surface area contributed by atoms with E-state index in [-0.39, 0.29) is 36.3 Å². The summed E-state index contributed by atoms with van der Waals surface area (Å²) in [6.45, 7) is 7.28. The molecule has 0 bridgehead atoms. The minimum Gasteiger partial charge on any atom is -0.354 e. The number of carbonyl (C=O) groups excluding carboxylic acids is 1. The number of hydrogen-bond donors (Lipinski definition) is 2. The van der Waals surface area contributed by atoms with E-state index in [1.807, 2.05) is 18.3 Å². The molecule has 1 aliphatic carbocycles. The normalized spacial score (nSPS) is 19.7. The predicted molar refractivity (Wildman–Crippen MR) is 110 cm³/mol. The number of halogens is 2. The number of carbonyl (C=O) groups is 1. The second kappa shape index (κ2) is 10.3. The fourth-order valence-electron chi connectivity index (χ4n) is 3.42. The molecule has 26 heavy (non-hydrogen) atoms. The van der Waals surface area contributed by atoms with Crippen LogP contribution < -0.4 is 16.0 Å². The number of amides is 1. The maximum absolute atomic E-state index is 12.3. The largest absolute Gasteiger partial charge is 0.354 e. The molecule has 1 saturated heterocycles. The number of piperazine rings is 1. The zero-order valence-corrected chi connectivity index (χ0v) is 17.0. The van der Waals surface area contributed by atoms with E-state index in [4.69, 9.17) is 5.73 Å². The molecule has 1 atom stereocenters. The van der Waals surface area contributed by atoms with Gasteiger partial charge in [0.1, 0.15) is 5.82 Å². The molecule has 1 aromatic rings. The number of nitrogens with zero attached hydrogens (tertiary/aromatic N) is 3. The van der Waals surface area contributed by atoms with Gasteiger partial charge < -0.3 is 16.0 Å². The van der Waals surface area contributed by atoms with Gasteiger partial charge in [0.25, 0.3) is 0 Å². The Labute approximate surface area is 168 Å². The fraction of sp³-hybridized carbons (Fsp3) is 0.667. The van der Waals surface area contributed by atoms with Gasteiger partial charge in [-0.2, -0.15) is 0 Å². The van der Waals surface area contributed by atoms with Crippen molar-refractivity contribution in [3.63, 3.8) is 0 Å². The maximum atomic E-state index is 12.3. The highest BCUT2D eigenvalue weighted by Gasteiger charge is 2.41. The van der Waals surface area contributed by atoms with Crippen molar-refractivity contribution in [2.45, 2.75) is 31.7 Å². The second-order valence-corrected chi connectivity index (χ2v) is 7.21. The molecule has 1 saturated carbocycles. The van der Waals surface area contributed by atoms with Crippen molar-refractivity contribution in [1.29, 1.82) is 0 Å². The lowest BCUT2D eigenvalue weighted by atomic mass is 9.96. The van der Waals surface area contributed by atoms with Crippen LogP contribution in [0, 0.1) is 5.92 Å². The molecule has 1 aliphatic heterocycles. The van der Waals surface area contributed by atoms with Crippen LogP contribution in [0.2, 0.25) is 0 Å². The zero-order chi connectivity index (χ0) is 17.0. The predicted octanol–water partition coefficient (Wildman–Crippen LogP) is 1.68. The molecule has 3 rings (SSSR count). The lowest BCUT2D eigenvalue weighted by molar-refractivity contribution is -0.123. The van der Waals surface area contributed by atoms with Crippen LogP contribution in [0.25, 0.3) is 0 Å². The number of pyridine rings is 1. The van der Waals surface area contributed by atoms with E-state index in [1.54, 1.807) is 0 Å². The molecule has 0 radical (unpaired) electrons. The van der Waals surface area contributed by atoms with Gasteiger partial charge in [-0.25, -0.2) is 4.98 Å². The highest BCUT2D eigenvalue weighted by Crippen LogP contribution is 2.38. The zero-order valence-electron chi connectivity index (χ0n) is 15.4. The first-order chi connectivity index (χ1) is 11.6. The quantitative estimate of drug-likeness (QED) is 0.724. The molecule has 6 nitrogen and oxygen atoms in total. The fourth-order valence-corrected chi connectivity index (χ4v) is 3.42. The van der Waals surface area contributed by atoms with E-state index in [0.29, 0.717) is 18.9 Å². The van der Waals surface area contributed by atoms with Gasteiger partial charge in [0.2, 0.25) is 5.91 Å². The summed E-state index contributed by atoms with van der Waals surface area (Å²) in [6.07, 6.45) is 4.75. The molecule has 1 amide bonds. The Morgan fingerprint density at radius 2 is 1.96 bits per heavy atom. The molecule has 2 aliphatic rings. The molecule has 0 spiro atoms. The first-order valence-electron chi connectivity index (χ1n) is 9.00. The molecule has 0 aromatic carbocycles. The van der Waals surface area contributed by atoms with Crippen LogP contribution in [0.15, 0.2) is 24.4 Å². The Kier molecular flexibility index (Phi) is 9.10. The van der Waals surface area contributed by atoms with Crippen molar-refractivity contribution in [2.75, 3.05) is 44.2 Å². The van der Waals surface area contributed by atoms with E-state index in [0.717, 1.165) is 38.5 Å². The molecule has 1 aromatic heterocycles. The first-order valence-corrected chi connectivity index (χ1v) is 9.00. The number of rotatable bonds is 7. The van der Waals surface area contributed by atoms with E-state index in [2.05, 4.69) is 33.1 Å². The van der Waals surface area contributed by atoms with Crippen LogP contribution in [0.4, 0.5) is 5.82 Å². The standard InChI is InChI=1S/C18H29N5O.2ClH/c1-18(14-19,15-5-6-15)21-17(24)7-9-22-10-12-23(13-11-22)16-4-2-3-8-20-16;;/h2-4,8,15H,5-7,9-14,19H2,1H3,(H,21,24);2*1H. The minimum atomic E-state index is -0.214. The van der Waals surface area contributed by atoms with Crippen LogP contribution in [0.3, 0.4) is 0 Å². The summed E-state index contributed by atoms with van der Waals surface area (Å²) >= 11 is 0. The van der Waals surface area contributed by atoms with Gasteiger partial charge in [0, 0.05) is 51.9 Å². The van der Waals surface area contributed by atoms with Crippen molar-refractivity contribution in [3.8, 4) is 0 Å². The molecule has 1 unspecified atom stereocenters. The third kappa shape index (κ3) is 5.98. The maximum Gasteiger partial charge on any atom is 0.221 e. The smallest absolute Gasteiger partial charge is 0.221 e. The Morgan fingerprint density at radius 3 is 2.50 bits per heavy atom. The van der Waals surface area contributed by atoms with Gasteiger partial charge >= 0.3 is 0 Å². The lowest BCUT2D eigenvalue weighted by Gasteiger charge is -2.35. The molecular formula is C18H31Cl2N5O. The minimum absolute atomic E-state index is 0. The van der Waals surface area contributed by atoms with E-state index in [9.17, 15) is 4.79 Å². The van der Waals surface area contributed by atoms with Gasteiger partial charge in [-0.05, 0) is 37.8 Å². The Bertz CT molecular complexity index is 550. The molecule has 2 fully saturated rings. The van der Waals surface area contributed by atoms with E-state index >= 15 is 0 Å². The molecule has 3 N–H and O–H groups in total. The van der Waals surface area contributed by atoms with Gasteiger partial charge in [-0.15, -0.1) is 24.8 Å². The number of nitrogens with two attached hydrogens (primary N) is 1. The average molecular weight is 404 g/mol. The average Bonchev–Trinajstić information content (AvgIpc) is 3.47. The van der Waals surface area contributed by atoms with Crippen molar-refractivity contribution >= 4 is 36.5 Å². The Hall–Kier alpha value is -1.08. The van der Waals surface area contributed by atoms with Gasteiger partial charge in [0.05, 0.1) is 5.54 Å². The van der Waals surface area contributed by atoms with Crippen molar-refractivity contribution in [3.05, 3.63) is 24.4 Å². The molecular weight excluding hydrogens is 373 g/mol. The third-order valence-corrected chi connectivity index (χ3v) is 5.33. The van der Waals surface area contributed by atoms with Crippen LogP contribution in [-0.4, -0.2) is 60.6 Å². The Morgan fingerprint density at radius 1 is 1.27 bits per heavy atom. The summed E-state index contributed by atoms with van der Waals surface area (Å²) in [5.74, 6) is 1.73. The van der Waals surface area contributed by atoms with Gasteiger partial charge in [-0.1, -0.05) is 6.07 Å². The van der Waals surface area contributed by atoms with Gasteiger partial charge in [-0.3, -0.25) is 9.69 Å². The Balaban J connectivity index is 0.00000169. The summed E-state index contributed by atoms with van der Waals surface area (Å²) in [7, 11) is 0. The summed E-state index contributed by atoms with van der Waals surface area (Å²) in [5, 5.41) is 3.17. The molecule has 148 valence electrons. The van der Waals surface area contributed by atoms with E-state index in [1.165, 1.54) is 12.8 Å². The third-order valence-electron chi connectivity index (χ3n) is 5.33. The summed E-state index contributed by atoms with van der Waals surface area (Å²) in [4.78, 5) is 21.3. The number of nitrogens with one attached hydrogen (secondary N) is 1. The van der Waals surface area contributed by atoms with Crippen molar-refractivity contribution < 1.29 is 4.79 Å². The number of aromatic nitrogens is 1. The summed E-state index contributed by atoms with van der Waals surface area (Å²) in [5.41, 5.74) is 5.66. The molecule has 8 heteroatoms. The van der Waals surface area contributed by atoms with Crippen molar-refractivity contribution in [2.24, 2.45) is 11.7 Å². The van der Waals surface area contributed by atoms with Crippen molar-refractivity contribution in [1.82, 2.24) is 15.2 Å². The highest BCUT2D eigenvalue weighted by atomic mass is 35.5. The van der Waals surface area contributed by atoms with Crippen LogP contribution in [0.1, 0.15) is 26.2 Å². The summed E-state index contributed by atoms with van der Waals surface area (Å²) < 4.78 is 0. The topological polar surface area (TPSA) is 74.5 Å². The highest BCUT2D eigenvalue weighted by molar-refractivity contribution is 5.85.